The van der Waals surface area contributed by atoms with Crippen molar-refractivity contribution in [3.8, 4) is 0 Å². The van der Waals surface area contributed by atoms with Crippen molar-refractivity contribution in [2.24, 2.45) is 0 Å². The Morgan fingerprint density at radius 2 is 2.22 bits per heavy atom. The molecule has 0 aromatic carbocycles. The summed E-state index contributed by atoms with van der Waals surface area (Å²) in [5.41, 5.74) is 0. The Morgan fingerprint density at radius 1 is 1.43 bits per heavy atom. The van der Waals surface area contributed by atoms with Crippen molar-refractivity contribution in [2.75, 3.05) is 12.3 Å². The summed E-state index contributed by atoms with van der Waals surface area (Å²) in [5, 5.41) is 9.94. The smallest absolute Gasteiger partial charge is 0.315 e. The second-order valence-electron chi connectivity index (χ2n) is 6.92. The number of rotatable bonds is 5. The number of hydrogen-bond donors (Lipinski definition) is 2. The van der Waals surface area contributed by atoms with Crippen molar-refractivity contribution < 1.29 is 9.32 Å². The minimum atomic E-state index is -0.276. The number of hydrogen-bond acceptors (Lipinski definition) is 5. The van der Waals surface area contributed by atoms with E-state index in [1.807, 2.05) is 18.7 Å². The van der Waals surface area contributed by atoms with E-state index in [9.17, 15) is 4.79 Å². The summed E-state index contributed by atoms with van der Waals surface area (Å²) < 4.78 is 5.50. The largest absolute Gasteiger partial charge is 0.337 e. The lowest BCUT2D eigenvalue weighted by molar-refractivity contribution is 0.233. The van der Waals surface area contributed by atoms with Gasteiger partial charge in [-0.1, -0.05) is 18.0 Å². The zero-order chi connectivity index (χ0) is 16.3. The van der Waals surface area contributed by atoms with E-state index >= 15 is 0 Å². The summed E-state index contributed by atoms with van der Waals surface area (Å²) in [4.78, 5) is 16.5. The Labute approximate surface area is 141 Å². The molecule has 1 saturated carbocycles. The minimum absolute atomic E-state index is 0.167. The molecule has 1 aromatic heterocycles. The quantitative estimate of drug-likeness (QED) is 0.860. The van der Waals surface area contributed by atoms with Crippen LogP contribution in [0.3, 0.4) is 0 Å². The predicted molar refractivity (Wildman–Crippen MR) is 90.6 cm³/mol. The highest BCUT2D eigenvalue weighted by molar-refractivity contribution is 8.00. The van der Waals surface area contributed by atoms with E-state index in [4.69, 9.17) is 4.52 Å². The average molecular weight is 338 g/mol. The van der Waals surface area contributed by atoms with E-state index in [0.717, 1.165) is 25.1 Å². The van der Waals surface area contributed by atoms with Crippen molar-refractivity contribution in [3.63, 3.8) is 0 Å². The lowest BCUT2D eigenvalue weighted by atomic mass is 10.1. The first-order valence-electron chi connectivity index (χ1n) is 8.57. The summed E-state index contributed by atoms with van der Waals surface area (Å²) in [6, 6.07) is -0.450. The summed E-state index contributed by atoms with van der Waals surface area (Å²) in [6.45, 7) is 4.77. The third kappa shape index (κ3) is 4.19. The zero-order valence-electron chi connectivity index (χ0n) is 13.9. The average Bonchev–Trinajstić information content (AvgIpc) is 3.26. The van der Waals surface area contributed by atoms with E-state index in [2.05, 4.69) is 27.7 Å². The molecule has 0 radical (unpaired) electrons. The lowest BCUT2D eigenvalue weighted by Crippen LogP contribution is -2.43. The summed E-state index contributed by atoms with van der Waals surface area (Å²) in [6.07, 6.45) is 7.13. The van der Waals surface area contributed by atoms with E-state index in [1.165, 1.54) is 25.0 Å². The first-order chi connectivity index (χ1) is 11.1. The molecule has 1 aromatic rings. The van der Waals surface area contributed by atoms with Crippen LogP contribution in [0, 0.1) is 0 Å². The fraction of sp³-hybridized carbons (Fsp3) is 0.812. The van der Waals surface area contributed by atoms with Crippen LogP contribution in [0.2, 0.25) is 0 Å². The van der Waals surface area contributed by atoms with Crippen LogP contribution in [-0.4, -0.2) is 33.2 Å². The van der Waals surface area contributed by atoms with Gasteiger partial charge in [0.25, 0.3) is 0 Å². The fourth-order valence-corrected chi connectivity index (χ4v) is 4.57. The molecular formula is C16H26N4O2S. The monoisotopic (exact) mass is 338 g/mol. The topological polar surface area (TPSA) is 80.0 Å². The van der Waals surface area contributed by atoms with Crippen LogP contribution >= 0.6 is 11.8 Å². The molecule has 2 unspecified atom stereocenters. The Kier molecular flexibility index (Phi) is 5.14. The molecule has 2 amide bonds. The third-order valence-electron chi connectivity index (χ3n) is 4.82. The zero-order valence-corrected chi connectivity index (χ0v) is 14.7. The van der Waals surface area contributed by atoms with Crippen LogP contribution in [0.4, 0.5) is 4.79 Å². The van der Waals surface area contributed by atoms with Crippen LogP contribution in [0.25, 0.3) is 0 Å². The van der Waals surface area contributed by atoms with Gasteiger partial charge >= 0.3 is 6.03 Å². The maximum absolute atomic E-state index is 12.1. The maximum Gasteiger partial charge on any atom is 0.315 e. The van der Waals surface area contributed by atoms with Crippen molar-refractivity contribution >= 4 is 17.8 Å². The van der Waals surface area contributed by atoms with Gasteiger partial charge in [0, 0.05) is 17.2 Å². The first kappa shape index (κ1) is 16.6. The van der Waals surface area contributed by atoms with Crippen LogP contribution in [0.15, 0.2) is 4.52 Å². The van der Waals surface area contributed by atoms with Crippen LogP contribution in [0.5, 0.6) is 0 Å². The van der Waals surface area contributed by atoms with Crippen molar-refractivity contribution in [3.05, 3.63) is 11.7 Å². The van der Waals surface area contributed by atoms with Gasteiger partial charge < -0.3 is 15.2 Å². The van der Waals surface area contributed by atoms with Gasteiger partial charge in [-0.2, -0.15) is 16.7 Å². The number of carbonyl (C=O) groups excluding carboxylic acids is 1. The van der Waals surface area contributed by atoms with Gasteiger partial charge in [-0.25, -0.2) is 4.79 Å². The number of nitrogens with zero attached hydrogens (tertiary/aromatic N) is 2. The van der Waals surface area contributed by atoms with Gasteiger partial charge in [-0.05, 0) is 45.3 Å². The summed E-state index contributed by atoms with van der Waals surface area (Å²) in [5.74, 6) is 2.89. The van der Waals surface area contributed by atoms with E-state index in [0.29, 0.717) is 18.4 Å². The van der Waals surface area contributed by atoms with E-state index in [1.54, 1.807) is 0 Å². The Hall–Kier alpha value is -1.24. The number of aromatic nitrogens is 2. The fourth-order valence-electron chi connectivity index (χ4n) is 3.33. The molecule has 3 rings (SSSR count). The number of thioether (sulfide) groups is 1. The molecule has 7 heteroatoms. The highest BCUT2D eigenvalue weighted by atomic mass is 32.2. The molecule has 2 atom stereocenters. The van der Waals surface area contributed by atoms with Crippen molar-refractivity contribution in [1.82, 2.24) is 20.8 Å². The number of urea groups is 1. The molecule has 0 spiro atoms. The molecule has 2 heterocycles. The molecule has 23 heavy (non-hydrogen) atoms. The summed E-state index contributed by atoms with van der Waals surface area (Å²) in [7, 11) is 0. The number of amides is 2. The molecule has 1 aliphatic carbocycles. The maximum atomic E-state index is 12.1. The van der Waals surface area contributed by atoms with Crippen LogP contribution in [0.1, 0.15) is 76.0 Å². The molecule has 6 nitrogen and oxygen atoms in total. The Balaban J connectivity index is 1.48. The first-order valence-corrected chi connectivity index (χ1v) is 9.56. The SMILES string of the molecule is CC(NC(=O)NCC1(C)CCCS1)c1nc(C2CCCC2)no1. The van der Waals surface area contributed by atoms with Crippen LogP contribution in [-0.2, 0) is 0 Å². The van der Waals surface area contributed by atoms with Gasteiger partial charge in [0.2, 0.25) is 5.89 Å². The molecule has 2 fully saturated rings. The van der Waals surface area contributed by atoms with Gasteiger partial charge in [0.15, 0.2) is 5.82 Å². The van der Waals surface area contributed by atoms with Crippen LogP contribution < -0.4 is 10.6 Å². The molecule has 1 saturated heterocycles. The standard InChI is InChI=1S/C16H26N4O2S/c1-11(14-19-13(20-22-14)12-6-3-4-7-12)18-15(21)17-10-16(2)8-5-9-23-16/h11-12H,3-10H2,1-2H3,(H2,17,18,21). The van der Waals surface area contributed by atoms with E-state index < -0.39 is 0 Å². The molecule has 2 N–H and O–H groups in total. The highest BCUT2D eigenvalue weighted by Gasteiger charge is 2.30. The molecule has 2 aliphatic rings. The highest BCUT2D eigenvalue weighted by Crippen LogP contribution is 2.37. The Morgan fingerprint density at radius 3 is 2.91 bits per heavy atom. The van der Waals surface area contributed by atoms with E-state index in [-0.39, 0.29) is 16.8 Å². The van der Waals surface area contributed by atoms with Gasteiger partial charge in [0.05, 0.1) is 0 Å². The third-order valence-corrected chi connectivity index (χ3v) is 6.36. The minimum Gasteiger partial charge on any atom is -0.337 e. The second kappa shape index (κ2) is 7.11. The Bertz CT molecular complexity index is 536. The molecule has 1 aliphatic heterocycles. The van der Waals surface area contributed by atoms with Crippen molar-refractivity contribution in [1.29, 1.82) is 0 Å². The molecular weight excluding hydrogens is 312 g/mol. The lowest BCUT2D eigenvalue weighted by Gasteiger charge is -2.23. The number of nitrogens with one attached hydrogen (secondary N) is 2. The van der Waals surface area contributed by atoms with Gasteiger partial charge in [-0.15, -0.1) is 0 Å². The van der Waals surface area contributed by atoms with Gasteiger partial charge in [0.1, 0.15) is 6.04 Å². The summed E-state index contributed by atoms with van der Waals surface area (Å²) >= 11 is 1.94. The second-order valence-corrected chi connectivity index (χ2v) is 8.61. The normalized spacial score (nSPS) is 26.3. The molecule has 128 valence electrons. The van der Waals surface area contributed by atoms with Gasteiger partial charge in [-0.3, -0.25) is 0 Å². The number of carbonyl (C=O) groups is 1. The van der Waals surface area contributed by atoms with Crippen molar-refractivity contribution in [2.45, 2.75) is 69.1 Å². The molecule has 0 bridgehead atoms. The predicted octanol–water partition coefficient (Wildman–Crippen LogP) is 3.37.